The lowest BCUT2D eigenvalue weighted by atomic mass is 9.44. The van der Waals surface area contributed by atoms with Gasteiger partial charge in [0.1, 0.15) is 17.5 Å². The summed E-state index contributed by atoms with van der Waals surface area (Å²) >= 11 is 0. The fourth-order valence-corrected chi connectivity index (χ4v) is 9.03. The number of carbonyl (C=O) groups excluding carboxylic acids is 2. The van der Waals surface area contributed by atoms with Gasteiger partial charge < -0.3 is 5.11 Å². The third-order valence-electron chi connectivity index (χ3n) is 9.99. The second-order valence-electron chi connectivity index (χ2n) is 13.4. The third-order valence-corrected chi connectivity index (χ3v) is 9.99. The van der Waals surface area contributed by atoms with Crippen molar-refractivity contribution in [2.45, 2.75) is 70.8 Å². The van der Waals surface area contributed by atoms with Gasteiger partial charge in [0, 0.05) is 25.2 Å². The van der Waals surface area contributed by atoms with Crippen molar-refractivity contribution < 1.29 is 23.5 Å². The number of amides is 1. The number of nitrogens with zero attached hydrogens (tertiary/aromatic N) is 3. The van der Waals surface area contributed by atoms with Gasteiger partial charge in [0.15, 0.2) is 11.4 Å². The highest BCUT2D eigenvalue weighted by Gasteiger charge is 2.56. The van der Waals surface area contributed by atoms with Crippen molar-refractivity contribution in [1.82, 2.24) is 9.55 Å². The van der Waals surface area contributed by atoms with Crippen molar-refractivity contribution in [2.24, 2.45) is 22.7 Å². The first-order valence-corrected chi connectivity index (χ1v) is 14.5. The summed E-state index contributed by atoms with van der Waals surface area (Å²) in [5.74, 6) is -0.697. The molecule has 9 heteroatoms. The van der Waals surface area contributed by atoms with E-state index in [0.717, 1.165) is 31.4 Å². The van der Waals surface area contributed by atoms with Gasteiger partial charge in [0.25, 0.3) is 0 Å². The fraction of sp³-hybridized carbons (Fsp3) is 0.500. The van der Waals surface area contributed by atoms with Crippen LogP contribution in [0.5, 0.6) is 0 Å². The van der Waals surface area contributed by atoms with Gasteiger partial charge in [-0.05, 0) is 91.9 Å². The number of piperidine rings is 1. The van der Waals surface area contributed by atoms with Crippen LogP contribution in [0.4, 0.5) is 14.6 Å². The number of anilines is 1. The number of halogens is 2. The van der Waals surface area contributed by atoms with E-state index in [1.165, 1.54) is 47.1 Å². The molecule has 0 radical (unpaired) electrons. The molecule has 1 amide bonds. The Balaban J connectivity index is 1.33. The lowest BCUT2D eigenvalue weighted by molar-refractivity contribution is -0.122. The molecule has 3 heterocycles. The van der Waals surface area contributed by atoms with E-state index in [1.807, 2.05) is 0 Å². The van der Waals surface area contributed by atoms with E-state index < -0.39 is 23.2 Å². The lowest BCUT2D eigenvalue weighted by Crippen LogP contribution is -2.51. The van der Waals surface area contributed by atoms with Crippen molar-refractivity contribution in [3.8, 4) is 5.69 Å². The molecule has 4 aliphatic carbocycles. The number of Topliss-reactive ketones (excluding diaryl/α,β-unsaturated/α-hetero) is 1. The van der Waals surface area contributed by atoms with Crippen molar-refractivity contribution in [1.29, 1.82) is 0 Å². The molecule has 4 saturated carbocycles. The number of pyridine rings is 2. The number of aliphatic hydroxyl groups is 1. The lowest BCUT2D eigenvalue weighted by Gasteiger charge is -2.61. The Bertz CT molecular complexity index is 1650. The molecule has 1 aromatic carbocycles. The molecule has 1 aliphatic heterocycles. The van der Waals surface area contributed by atoms with Gasteiger partial charge in [-0.3, -0.25) is 23.9 Å². The normalized spacial score (nSPS) is 30.8. The van der Waals surface area contributed by atoms with Gasteiger partial charge in [-0.1, -0.05) is 6.92 Å². The van der Waals surface area contributed by atoms with E-state index in [2.05, 4.69) is 11.9 Å². The van der Waals surface area contributed by atoms with Crippen LogP contribution in [0.25, 0.3) is 16.7 Å². The summed E-state index contributed by atoms with van der Waals surface area (Å²) in [5, 5.41) is 9.98. The number of rotatable bonds is 5. The van der Waals surface area contributed by atoms with Crippen molar-refractivity contribution in [3.05, 3.63) is 63.9 Å². The first-order valence-electron chi connectivity index (χ1n) is 14.5. The number of carbonyl (C=O) groups is 2. The monoisotopic (exact) mass is 561 g/mol. The summed E-state index contributed by atoms with van der Waals surface area (Å²) in [6, 6.07) is 6.16. The maximum Gasteiger partial charge on any atom is 0.230 e. The van der Waals surface area contributed by atoms with Gasteiger partial charge in [0.05, 0.1) is 29.2 Å². The SMILES string of the molecule is CC12CC3CC(C1)CC(CC(=O)c1cn(-c4ccc(F)cc4F)c4nc(N5CCC(O)CC5=O)ccc4c1=O)(C3)C2. The average Bonchev–Trinajstić information content (AvgIpc) is 2.87. The minimum atomic E-state index is -0.869. The topological polar surface area (TPSA) is 92.5 Å². The Labute approximate surface area is 236 Å². The molecule has 1 saturated heterocycles. The molecule has 2 aromatic heterocycles. The summed E-state index contributed by atoms with van der Waals surface area (Å²) < 4.78 is 30.3. The Hall–Kier alpha value is -3.46. The van der Waals surface area contributed by atoms with Gasteiger partial charge in [-0.25, -0.2) is 13.8 Å². The van der Waals surface area contributed by atoms with Gasteiger partial charge in [-0.2, -0.15) is 0 Å². The van der Waals surface area contributed by atoms with Crippen LogP contribution in [-0.2, 0) is 4.79 Å². The Morgan fingerprint density at radius 3 is 2.54 bits per heavy atom. The molecular weight excluding hydrogens is 528 g/mol. The molecule has 4 bridgehead atoms. The highest BCUT2D eigenvalue weighted by Crippen LogP contribution is 2.66. The summed E-state index contributed by atoms with van der Waals surface area (Å²) in [5.41, 5.74) is -0.389. The molecule has 7 nitrogen and oxygen atoms in total. The van der Waals surface area contributed by atoms with E-state index >= 15 is 4.39 Å². The minimum absolute atomic E-state index is 0.0335. The molecule has 5 fully saturated rings. The van der Waals surface area contributed by atoms with Gasteiger partial charge in [-0.15, -0.1) is 0 Å². The highest BCUT2D eigenvalue weighted by molar-refractivity contribution is 6.00. The zero-order chi connectivity index (χ0) is 28.7. The predicted octanol–water partition coefficient (Wildman–Crippen LogP) is 5.33. The molecule has 5 aliphatic rings. The van der Waals surface area contributed by atoms with Crippen LogP contribution < -0.4 is 10.3 Å². The molecule has 41 heavy (non-hydrogen) atoms. The summed E-state index contributed by atoms with van der Waals surface area (Å²) in [6.45, 7) is 2.58. The third kappa shape index (κ3) is 4.49. The standard InChI is InChI=1S/C32H33F2N3O4/c1-31-11-18-8-19(12-31)14-32(13-18,17-31)15-26(39)23-16-37(25-4-2-20(33)9-24(25)34)30-22(29(23)41)3-5-27(35-30)36-7-6-21(38)10-28(36)40/h2-5,9,16,18-19,21,38H,6-8,10-15,17H2,1H3. The number of hydrogen-bond acceptors (Lipinski definition) is 5. The summed E-state index contributed by atoms with van der Waals surface area (Å²) in [4.78, 5) is 46.4. The molecule has 3 unspecified atom stereocenters. The summed E-state index contributed by atoms with van der Waals surface area (Å²) in [6.07, 6.45) is 7.85. The van der Waals surface area contributed by atoms with E-state index in [4.69, 9.17) is 0 Å². The smallest absolute Gasteiger partial charge is 0.230 e. The van der Waals surface area contributed by atoms with Crippen LogP contribution in [0.1, 0.15) is 75.1 Å². The first-order chi connectivity index (χ1) is 19.5. The maximum atomic E-state index is 15.1. The number of benzene rings is 1. The molecular formula is C32H33F2N3O4. The van der Waals surface area contributed by atoms with Gasteiger partial charge in [0.2, 0.25) is 11.3 Å². The van der Waals surface area contributed by atoms with Crippen LogP contribution in [0.15, 0.2) is 41.3 Å². The molecule has 3 atom stereocenters. The van der Waals surface area contributed by atoms with Crippen LogP contribution in [0.3, 0.4) is 0 Å². The highest BCUT2D eigenvalue weighted by atomic mass is 19.1. The average molecular weight is 562 g/mol. The molecule has 0 spiro atoms. The Kier molecular flexibility index (Phi) is 5.98. The number of aromatic nitrogens is 2. The van der Waals surface area contributed by atoms with E-state index in [1.54, 1.807) is 6.07 Å². The maximum absolute atomic E-state index is 15.1. The molecule has 8 rings (SSSR count). The molecule has 1 N–H and O–H groups in total. The largest absolute Gasteiger partial charge is 0.393 e. The molecule has 214 valence electrons. The summed E-state index contributed by atoms with van der Waals surface area (Å²) in [7, 11) is 0. The number of aliphatic hydroxyl groups excluding tert-OH is 1. The van der Waals surface area contributed by atoms with E-state index in [9.17, 15) is 23.9 Å². The van der Waals surface area contributed by atoms with E-state index in [0.29, 0.717) is 18.3 Å². The van der Waals surface area contributed by atoms with Crippen molar-refractivity contribution in [2.75, 3.05) is 11.4 Å². The van der Waals surface area contributed by atoms with Crippen LogP contribution in [0, 0.1) is 34.3 Å². The van der Waals surface area contributed by atoms with Crippen molar-refractivity contribution >= 4 is 28.5 Å². The van der Waals surface area contributed by atoms with Crippen LogP contribution in [-0.4, -0.2) is 39.0 Å². The number of hydrogen-bond donors (Lipinski definition) is 1. The first kappa shape index (κ1) is 26.4. The zero-order valence-corrected chi connectivity index (χ0v) is 23.0. The van der Waals surface area contributed by atoms with Crippen molar-refractivity contribution in [3.63, 3.8) is 0 Å². The predicted molar refractivity (Wildman–Crippen MR) is 149 cm³/mol. The molecule has 3 aromatic rings. The van der Waals surface area contributed by atoms with Crippen LogP contribution in [0.2, 0.25) is 0 Å². The number of fused-ring (bicyclic) bond motifs is 1. The van der Waals surface area contributed by atoms with E-state index in [-0.39, 0.29) is 70.0 Å². The fourth-order valence-electron chi connectivity index (χ4n) is 9.03. The van der Waals surface area contributed by atoms with Gasteiger partial charge >= 0.3 is 0 Å². The Morgan fingerprint density at radius 1 is 1.10 bits per heavy atom. The number of ketones is 1. The van der Waals surface area contributed by atoms with Crippen LogP contribution >= 0.6 is 0 Å². The zero-order valence-electron chi connectivity index (χ0n) is 23.0. The quantitative estimate of drug-likeness (QED) is 0.425. The second kappa shape index (κ2) is 9.28. The second-order valence-corrected chi connectivity index (χ2v) is 13.4. The minimum Gasteiger partial charge on any atom is -0.393 e. The Morgan fingerprint density at radius 2 is 1.85 bits per heavy atom.